The summed E-state index contributed by atoms with van der Waals surface area (Å²) in [5.74, 6) is -2.30. The first-order chi connectivity index (χ1) is 27.6. The smallest absolute Gasteiger partial charge is 0.306 e. The van der Waals surface area contributed by atoms with Crippen LogP contribution in [0.2, 0.25) is 0 Å². The molecule has 0 fully saturated rings. The maximum Gasteiger partial charge on any atom is 0.306 e. The van der Waals surface area contributed by atoms with Crippen molar-refractivity contribution in [2.24, 2.45) is 0 Å². The maximum absolute atomic E-state index is 12.8. The topological polar surface area (TPSA) is 111 Å². The molecular weight excluding hydrogens is 719 g/mol. The van der Waals surface area contributed by atoms with Crippen molar-refractivity contribution in [2.45, 2.75) is 219 Å². The van der Waals surface area contributed by atoms with Crippen molar-refractivity contribution < 1.29 is 42.9 Å². The lowest BCUT2D eigenvalue weighted by atomic mass is 10.1. The van der Waals surface area contributed by atoms with E-state index in [9.17, 15) is 19.5 Å². The number of carbonyl (C=O) groups is 3. The van der Waals surface area contributed by atoms with E-state index < -0.39 is 24.3 Å². The number of rotatable bonds is 43. The van der Waals surface area contributed by atoms with Crippen molar-refractivity contribution in [3.05, 3.63) is 24.3 Å². The van der Waals surface area contributed by atoms with Crippen molar-refractivity contribution in [2.75, 3.05) is 47.5 Å². The number of likely N-dealkylation sites (N-methyl/N-ethyl adjacent to an activating group) is 1. The van der Waals surface area contributed by atoms with Gasteiger partial charge in [-0.15, -0.1) is 0 Å². The van der Waals surface area contributed by atoms with Crippen LogP contribution in [-0.2, 0) is 33.3 Å². The second-order valence-electron chi connectivity index (χ2n) is 17.0. The number of carboxylic acid groups (broad SMARTS) is 1. The fraction of sp³-hybridized carbons (Fsp3) is 0.854. The Bertz CT molecular complexity index is 991. The van der Waals surface area contributed by atoms with Crippen LogP contribution in [0.4, 0.5) is 0 Å². The van der Waals surface area contributed by atoms with E-state index >= 15 is 0 Å². The Hall–Kier alpha value is -2.23. The number of carboxylic acids is 1. The molecule has 2 atom stereocenters. The minimum absolute atomic E-state index is 0.146. The van der Waals surface area contributed by atoms with Crippen molar-refractivity contribution in [1.29, 1.82) is 0 Å². The van der Waals surface area contributed by atoms with Crippen molar-refractivity contribution >= 4 is 17.9 Å². The Kier molecular flexibility index (Phi) is 39.0. The molecule has 0 saturated carbocycles. The number of nitrogens with zero attached hydrogens (tertiary/aromatic N) is 1. The number of carbonyl (C=O) groups excluding carboxylic acids is 3. The van der Waals surface area contributed by atoms with Gasteiger partial charge >= 0.3 is 11.9 Å². The summed E-state index contributed by atoms with van der Waals surface area (Å²) in [6.07, 6.45) is 40.6. The van der Waals surface area contributed by atoms with Crippen LogP contribution < -0.4 is 5.11 Å². The van der Waals surface area contributed by atoms with E-state index in [-0.39, 0.29) is 38.6 Å². The molecule has 0 rings (SSSR count). The molecule has 0 heterocycles. The molecule has 0 radical (unpaired) electrons. The molecule has 2 unspecified atom stereocenters. The number of esters is 2. The summed E-state index contributed by atoms with van der Waals surface area (Å²) in [6, 6.07) is 0. The third-order valence-electron chi connectivity index (χ3n) is 10.2. The Balaban J connectivity index is 4.43. The van der Waals surface area contributed by atoms with Gasteiger partial charge in [0.15, 0.2) is 12.4 Å². The van der Waals surface area contributed by atoms with Crippen LogP contribution in [0.15, 0.2) is 24.3 Å². The SMILES string of the molecule is CCCCCCCCC/C=C\CCCCCCCC(=O)OCC(COC(OCC[N+](C)(C)C)C(=O)[O-])OC(=O)CCCCCCC/C=C\CCCCCCCCC. The molecule has 0 spiro atoms. The van der Waals surface area contributed by atoms with Gasteiger partial charge in [0.25, 0.3) is 0 Å². The fourth-order valence-corrected chi connectivity index (χ4v) is 6.47. The zero-order valence-corrected chi connectivity index (χ0v) is 37.7. The molecule has 334 valence electrons. The Morgan fingerprint density at radius 3 is 1.30 bits per heavy atom. The first-order valence-corrected chi connectivity index (χ1v) is 23.5. The highest BCUT2D eigenvalue weighted by atomic mass is 16.7. The lowest BCUT2D eigenvalue weighted by Gasteiger charge is -2.26. The van der Waals surface area contributed by atoms with Gasteiger partial charge in [0.05, 0.1) is 40.3 Å². The molecular formula is C48H89NO8. The average Bonchev–Trinajstić information content (AvgIpc) is 3.17. The van der Waals surface area contributed by atoms with Crippen molar-refractivity contribution in [3.63, 3.8) is 0 Å². The number of ether oxygens (including phenoxy) is 4. The van der Waals surface area contributed by atoms with Crippen LogP contribution in [0.5, 0.6) is 0 Å². The van der Waals surface area contributed by atoms with Crippen LogP contribution in [-0.4, -0.2) is 82.3 Å². The van der Waals surface area contributed by atoms with Crippen LogP contribution in [0, 0.1) is 0 Å². The van der Waals surface area contributed by atoms with Crippen LogP contribution >= 0.6 is 0 Å². The van der Waals surface area contributed by atoms with Gasteiger partial charge in [-0.1, -0.05) is 154 Å². The molecule has 0 amide bonds. The zero-order chi connectivity index (χ0) is 42.1. The molecule has 0 bridgehead atoms. The van der Waals surface area contributed by atoms with Gasteiger partial charge < -0.3 is 33.3 Å². The minimum atomic E-state index is -1.62. The van der Waals surface area contributed by atoms with Crippen molar-refractivity contribution in [1.82, 2.24) is 0 Å². The highest BCUT2D eigenvalue weighted by Gasteiger charge is 2.21. The molecule has 0 aliphatic rings. The van der Waals surface area contributed by atoms with Gasteiger partial charge in [-0.3, -0.25) is 9.59 Å². The van der Waals surface area contributed by atoms with Crippen LogP contribution in [0.1, 0.15) is 206 Å². The van der Waals surface area contributed by atoms with E-state index in [1.165, 1.54) is 103 Å². The predicted octanol–water partition coefficient (Wildman–Crippen LogP) is 11.1. The summed E-state index contributed by atoms with van der Waals surface area (Å²) in [5.41, 5.74) is 0. The average molecular weight is 808 g/mol. The molecule has 0 saturated heterocycles. The highest BCUT2D eigenvalue weighted by Crippen LogP contribution is 2.14. The monoisotopic (exact) mass is 808 g/mol. The summed E-state index contributed by atoms with van der Waals surface area (Å²) in [7, 11) is 5.91. The lowest BCUT2D eigenvalue weighted by molar-refractivity contribution is -0.870. The molecule has 0 aromatic heterocycles. The molecule has 57 heavy (non-hydrogen) atoms. The Labute approximate surface area is 350 Å². The fourth-order valence-electron chi connectivity index (χ4n) is 6.47. The standard InChI is InChI=1S/C48H89NO8/c1-6-8-10-12-14-16-18-20-22-24-26-28-30-32-34-36-38-45(50)55-42-44(43-56-48(47(52)53)54-41-40-49(3,4)5)57-46(51)39-37-35-33-31-29-27-25-23-21-19-17-15-13-11-9-7-2/h22-25,44,48H,6-21,26-43H2,1-5H3/b24-22-,25-23-. The third kappa shape index (κ3) is 41.7. The summed E-state index contributed by atoms with van der Waals surface area (Å²) in [6.45, 7) is 4.73. The Morgan fingerprint density at radius 2 is 0.895 bits per heavy atom. The zero-order valence-electron chi connectivity index (χ0n) is 37.7. The van der Waals surface area contributed by atoms with Gasteiger partial charge in [0.1, 0.15) is 13.2 Å². The maximum atomic E-state index is 12.8. The largest absolute Gasteiger partial charge is 0.545 e. The van der Waals surface area contributed by atoms with Gasteiger partial charge in [-0.05, 0) is 64.2 Å². The van der Waals surface area contributed by atoms with E-state index in [1.54, 1.807) is 0 Å². The van der Waals surface area contributed by atoms with E-state index in [0.29, 0.717) is 17.4 Å². The van der Waals surface area contributed by atoms with E-state index in [4.69, 9.17) is 18.9 Å². The van der Waals surface area contributed by atoms with E-state index in [1.807, 2.05) is 21.1 Å². The predicted molar refractivity (Wildman–Crippen MR) is 233 cm³/mol. The molecule has 0 aliphatic heterocycles. The highest BCUT2D eigenvalue weighted by molar-refractivity contribution is 5.70. The lowest BCUT2D eigenvalue weighted by Crippen LogP contribution is -2.44. The van der Waals surface area contributed by atoms with Gasteiger partial charge in [-0.25, -0.2) is 0 Å². The second kappa shape index (κ2) is 40.5. The molecule has 9 nitrogen and oxygen atoms in total. The minimum Gasteiger partial charge on any atom is -0.545 e. The molecule has 0 aromatic carbocycles. The summed E-state index contributed by atoms with van der Waals surface area (Å²) in [4.78, 5) is 37.0. The first kappa shape index (κ1) is 54.8. The summed E-state index contributed by atoms with van der Waals surface area (Å²) >= 11 is 0. The number of aliphatic carboxylic acids is 1. The van der Waals surface area contributed by atoms with Gasteiger partial charge in [0, 0.05) is 12.8 Å². The number of hydrogen-bond acceptors (Lipinski definition) is 8. The van der Waals surface area contributed by atoms with Gasteiger partial charge in [-0.2, -0.15) is 0 Å². The van der Waals surface area contributed by atoms with Crippen molar-refractivity contribution in [3.8, 4) is 0 Å². The molecule has 0 N–H and O–H groups in total. The normalized spacial score (nSPS) is 13.1. The number of unbranched alkanes of at least 4 members (excludes halogenated alkanes) is 24. The molecule has 9 heteroatoms. The van der Waals surface area contributed by atoms with Gasteiger partial charge in [0.2, 0.25) is 0 Å². The molecule has 0 aromatic rings. The summed E-state index contributed by atoms with van der Waals surface area (Å²) < 4.78 is 22.6. The molecule has 0 aliphatic carbocycles. The number of hydrogen-bond donors (Lipinski definition) is 0. The second-order valence-corrected chi connectivity index (χ2v) is 17.0. The van der Waals surface area contributed by atoms with E-state index in [2.05, 4.69) is 38.2 Å². The quantitative estimate of drug-likeness (QED) is 0.0197. The van der Waals surface area contributed by atoms with Crippen LogP contribution in [0.25, 0.3) is 0 Å². The number of allylic oxidation sites excluding steroid dienone is 4. The third-order valence-corrected chi connectivity index (χ3v) is 10.2. The number of quaternary nitrogens is 1. The first-order valence-electron chi connectivity index (χ1n) is 23.5. The summed E-state index contributed by atoms with van der Waals surface area (Å²) in [5, 5.41) is 11.7. The Morgan fingerprint density at radius 1 is 0.509 bits per heavy atom. The van der Waals surface area contributed by atoms with Crippen LogP contribution in [0.3, 0.4) is 0 Å². The van der Waals surface area contributed by atoms with E-state index in [0.717, 1.165) is 70.6 Å².